The van der Waals surface area contributed by atoms with Crippen molar-refractivity contribution in [2.75, 3.05) is 27.9 Å². The van der Waals surface area contributed by atoms with E-state index >= 15 is 0 Å². The average molecular weight is 389 g/mol. The second-order valence-corrected chi connectivity index (χ2v) is 6.89. The van der Waals surface area contributed by atoms with E-state index in [9.17, 15) is 4.79 Å². The van der Waals surface area contributed by atoms with Crippen LogP contribution in [-0.4, -0.2) is 44.1 Å². The third-order valence-electron chi connectivity index (χ3n) is 5.31. The van der Waals surface area contributed by atoms with Gasteiger partial charge in [-0.25, -0.2) is 4.79 Å². The molecule has 1 fully saturated rings. The van der Waals surface area contributed by atoms with Gasteiger partial charge in [0.05, 0.1) is 26.7 Å². The van der Waals surface area contributed by atoms with Gasteiger partial charge >= 0.3 is 6.09 Å². The molecule has 0 saturated heterocycles. The smallest absolute Gasteiger partial charge is 0.406 e. The number of methoxy groups -OCH3 is 3. The Morgan fingerprint density at radius 1 is 1.18 bits per heavy atom. The van der Waals surface area contributed by atoms with E-state index in [2.05, 4.69) is 26.3 Å². The van der Waals surface area contributed by atoms with Crippen LogP contribution < -0.4 is 14.8 Å². The molecule has 3 rings (SSSR count). The van der Waals surface area contributed by atoms with Crippen LogP contribution in [0, 0.1) is 0 Å². The molecule has 0 radical (unpaired) electrons. The van der Waals surface area contributed by atoms with Gasteiger partial charge < -0.3 is 24.1 Å². The summed E-state index contributed by atoms with van der Waals surface area (Å²) in [7, 11) is 4.61. The minimum atomic E-state index is -0.440. The molecule has 8 nitrogen and oxygen atoms in total. The number of ether oxygens (including phenoxy) is 3. The zero-order valence-corrected chi connectivity index (χ0v) is 16.6. The summed E-state index contributed by atoms with van der Waals surface area (Å²) in [6.07, 6.45) is 5.00. The molecule has 1 saturated carbocycles. The zero-order valence-electron chi connectivity index (χ0n) is 16.6. The number of carbonyl (C=O) groups is 1. The number of nitrogens with one attached hydrogen (secondary N) is 1. The first-order valence-electron chi connectivity index (χ1n) is 9.50. The predicted molar refractivity (Wildman–Crippen MR) is 102 cm³/mol. The number of aromatic nitrogens is 2. The highest BCUT2D eigenvalue weighted by atomic mass is 16.5. The van der Waals surface area contributed by atoms with Crippen LogP contribution in [0.25, 0.3) is 0 Å². The Bertz CT molecular complexity index is 799. The van der Waals surface area contributed by atoms with Crippen LogP contribution >= 0.6 is 0 Å². The molecule has 8 heteroatoms. The average Bonchev–Trinajstić information content (AvgIpc) is 3.40. The lowest BCUT2D eigenvalue weighted by Crippen LogP contribution is -2.25. The lowest BCUT2D eigenvalue weighted by molar-refractivity contribution is 0.171. The number of aryl methyl sites for hydroxylation is 1. The summed E-state index contributed by atoms with van der Waals surface area (Å²) in [5, 5.41) is 6.95. The van der Waals surface area contributed by atoms with Crippen LogP contribution in [0.1, 0.15) is 49.4 Å². The third-order valence-corrected chi connectivity index (χ3v) is 5.31. The zero-order chi connectivity index (χ0) is 20.0. The van der Waals surface area contributed by atoms with E-state index in [0.717, 1.165) is 31.2 Å². The summed E-state index contributed by atoms with van der Waals surface area (Å²) < 4.78 is 20.9. The third kappa shape index (κ3) is 4.05. The first-order chi connectivity index (χ1) is 13.6. The Kier molecular flexibility index (Phi) is 6.38. The largest absolute Gasteiger partial charge is 0.493 e. The second-order valence-electron chi connectivity index (χ2n) is 6.89. The molecule has 1 aliphatic rings. The van der Waals surface area contributed by atoms with Gasteiger partial charge in [0.1, 0.15) is 0 Å². The summed E-state index contributed by atoms with van der Waals surface area (Å²) in [5.74, 6) is 2.69. The molecule has 0 unspecified atom stereocenters. The van der Waals surface area contributed by atoms with Gasteiger partial charge in [-0.15, -0.1) is 0 Å². The van der Waals surface area contributed by atoms with Crippen LogP contribution in [0.15, 0.2) is 22.7 Å². The molecule has 1 aliphatic carbocycles. The Balaban J connectivity index is 1.77. The quantitative estimate of drug-likeness (QED) is 0.693. The van der Waals surface area contributed by atoms with Crippen molar-refractivity contribution in [1.29, 1.82) is 0 Å². The SMILES string of the molecule is COC(=O)NCCCc1nc(C2(c3ccc(OC)c(OC)c3)CCCC2)no1. The Labute approximate surface area is 164 Å². The van der Waals surface area contributed by atoms with Crippen molar-refractivity contribution >= 4 is 6.09 Å². The van der Waals surface area contributed by atoms with Gasteiger partial charge in [0.15, 0.2) is 17.3 Å². The molecule has 1 amide bonds. The van der Waals surface area contributed by atoms with E-state index in [1.807, 2.05) is 12.1 Å². The monoisotopic (exact) mass is 389 g/mol. The van der Waals surface area contributed by atoms with Crippen molar-refractivity contribution < 1.29 is 23.5 Å². The summed E-state index contributed by atoms with van der Waals surface area (Å²) in [6, 6.07) is 6.00. The molecule has 1 aromatic carbocycles. The Morgan fingerprint density at radius 2 is 1.93 bits per heavy atom. The normalized spacial score (nSPS) is 15.2. The van der Waals surface area contributed by atoms with E-state index in [4.69, 9.17) is 14.0 Å². The standard InChI is InChI=1S/C20H27N3O5/c1-25-15-9-8-14(13-16(15)26-2)20(10-4-5-11-20)18-22-17(28-23-18)7-6-12-21-19(24)27-3/h8-9,13H,4-7,10-12H2,1-3H3,(H,21,24). The first-order valence-corrected chi connectivity index (χ1v) is 9.50. The highest BCUT2D eigenvalue weighted by Crippen LogP contribution is 2.47. The number of hydrogen-bond donors (Lipinski definition) is 1. The predicted octanol–water partition coefficient (Wildman–Crippen LogP) is 3.24. The number of carbonyl (C=O) groups excluding carboxylic acids is 1. The van der Waals surface area contributed by atoms with Crippen molar-refractivity contribution in [2.45, 2.75) is 43.9 Å². The number of amides is 1. The minimum absolute atomic E-state index is 0.272. The van der Waals surface area contributed by atoms with Crippen LogP contribution in [0.4, 0.5) is 4.79 Å². The van der Waals surface area contributed by atoms with Crippen molar-refractivity contribution in [3.63, 3.8) is 0 Å². The number of hydrogen-bond acceptors (Lipinski definition) is 7. The summed E-state index contributed by atoms with van der Waals surface area (Å²) >= 11 is 0. The van der Waals surface area contributed by atoms with E-state index < -0.39 is 6.09 Å². The number of alkyl carbamates (subject to hydrolysis) is 1. The highest BCUT2D eigenvalue weighted by Gasteiger charge is 2.42. The fraction of sp³-hybridized carbons (Fsp3) is 0.550. The van der Waals surface area contributed by atoms with Crippen molar-refractivity contribution in [3.05, 3.63) is 35.5 Å². The van der Waals surface area contributed by atoms with Gasteiger partial charge in [-0.2, -0.15) is 4.98 Å². The number of nitrogens with zero attached hydrogens (tertiary/aromatic N) is 2. The molecule has 0 aliphatic heterocycles. The first kappa shape index (κ1) is 20.0. The van der Waals surface area contributed by atoms with Gasteiger partial charge in [0, 0.05) is 13.0 Å². The molecule has 1 N–H and O–H groups in total. The molecule has 1 aromatic heterocycles. The fourth-order valence-corrected chi connectivity index (χ4v) is 3.81. The van der Waals surface area contributed by atoms with Crippen LogP contribution in [0.3, 0.4) is 0 Å². The van der Waals surface area contributed by atoms with E-state index in [1.54, 1.807) is 14.2 Å². The Morgan fingerprint density at radius 3 is 2.61 bits per heavy atom. The lowest BCUT2D eigenvalue weighted by atomic mass is 9.78. The maximum absolute atomic E-state index is 11.1. The lowest BCUT2D eigenvalue weighted by Gasteiger charge is -2.26. The number of rotatable bonds is 8. The minimum Gasteiger partial charge on any atom is -0.493 e. The molecule has 0 bridgehead atoms. The molecule has 0 atom stereocenters. The van der Waals surface area contributed by atoms with Crippen molar-refractivity contribution in [3.8, 4) is 11.5 Å². The topological polar surface area (TPSA) is 95.7 Å². The molecule has 1 heterocycles. The fourth-order valence-electron chi connectivity index (χ4n) is 3.81. The molecular formula is C20H27N3O5. The molecular weight excluding hydrogens is 362 g/mol. The van der Waals surface area contributed by atoms with Gasteiger partial charge in [-0.1, -0.05) is 24.1 Å². The van der Waals surface area contributed by atoms with E-state index in [0.29, 0.717) is 42.6 Å². The van der Waals surface area contributed by atoms with Crippen LogP contribution in [-0.2, 0) is 16.6 Å². The number of benzene rings is 1. The maximum atomic E-state index is 11.1. The second kappa shape index (κ2) is 8.95. The molecule has 152 valence electrons. The van der Waals surface area contributed by atoms with E-state index in [-0.39, 0.29) is 5.41 Å². The molecule has 28 heavy (non-hydrogen) atoms. The molecule has 0 spiro atoms. The Hall–Kier alpha value is -2.77. The van der Waals surface area contributed by atoms with E-state index in [1.165, 1.54) is 7.11 Å². The summed E-state index contributed by atoms with van der Waals surface area (Å²) in [5.41, 5.74) is 0.841. The van der Waals surface area contributed by atoms with Crippen LogP contribution in [0.2, 0.25) is 0 Å². The van der Waals surface area contributed by atoms with Gasteiger partial charge in [-0.3, -0.25) is 0 Å². The van der Waals surface area contributed by atoms with Gasteiger partial charge in [-0.05, 0) is 37.0 Å². The molecule has 2 aromatic rings. The highest BCUT2D eigenvalue weighted by molar-refractivity contribution is 5.66. The summed E-state index contributed by atoms with van der Waals surface area (Å²) in [6.45, 7) is 0.491. The van der Waals surface area contributed by atoms with Gasteiger partial charge in [0.2, 0.25) is 5.89 Å². The van der Waals surface area contributed by atoms with Crippen LogP contribution in [0.5, 0.6) is 11.5 Å². The maximum Gasteiger partial charge on any atom is 0.406 e. The van der Waals surface area contributed by atoms with Crippen molar-refractivity contribution in [1.82, 2.24) is 15.5 Å². The van der Waals surface area contributed by atoms with Gasteiger partial charge in [0.25, 0.3) is 0 Å². The summed E-state index contributed by atoms with van der Waals surface area (Å²) in [4.78, 5) is 15.8. The van der Waals surface area contributed by atoms with Crippen molar-refractivity contribution in [2.24, 2.45) is 0 Å².